The topological polar surface area (TPSA) is 64.2 Å². The monoisotopic (exact) mass is 391 g/mol. The minimum Gasteiger partial charge on any atom is -0.497 e. The zero-order valence-electron chi connectivity index (χ0n) is 16.8. The lowest BCUT2D eigenvalue weighted by Gasteiger charge is -2.16. The van der Waals surface area contributed by atoms with Gasteiger partial charge >= 0.3 is 0 Å². The lowest BCUT2D eigenvalue weighted by molar-refractivity contribution is -0.682. The van der Waals surface area contributed by atoms with E-state index in [1.807, 2.05) is 85.0 Å². The molecule has 0 aromatic heterocycles. The van der Waals surface area contributed by atoms with Gasteiger partial charge in [0.05, 0.1) is 7.11 Å². The highest BCUT2D eigenvalue weighted by Crippen LogP contribution is 2.18. The third-order valence-corrected chi connectivity index (χ3v) is 4.59. The van der Waals surface area contributed by atoms with Crippen LogP contribution in [0.4, 0.5) is 5.69 Å². The van der Waals surface area contributed by atoms with Gasteiger partial charge in [0.1, 0.15) is 24.7 Å². The second kappa shape index (κ2) is 10.3. The van der Waals surface area contributed by atoms with E-state index in [2.05, 4.69) is 5.32 Å². The zero-order chi connectivity index (χ0) is 20.5. The van der Waals surface area contributed by atoms with Crippen molar-refractivity contribution in [1.29, 1.82) is 0 Å². The Morgan fingerprint density at radius 1 is 0.966 bits per heavy atom. The number of quaternary nitrogens is 1. The van der Waals surface area contributed by atoms with Crippen LogP contribution in [0.5, 0.6) is 11.5 Å². The molecule has 0 bridgehead atoms. The first kappa shape index (κ1) is 20.4. The van der Waals surface area contributed by atoms with Gasteiger partial charge in [-0.3, -0.25) is 4.79 Å². The third kappa shape index (κ3) is 6.09. The van der Waals surface area contributed by atoms with E-state index in [-0.39, 0.29) is 11.9 Å². The maximum absolute atomic E-state index is 13.0. The number of amides is 1. The average Bonchev–Trinajstić information content (AvgIpc) is 2.75. The second-order valence-corrected chi connectivity index (χ2v) is 6.80. The largest absolute Gasteiger partial charge is 0.497 e. The molecule has 3 aromatic carbocycles. The number of nitrogens with one attached hydrogen (secondary N) is 1. The number of nitrogens with two attached hydrogens (primary N) is 1. The van der Waals surface area contributed by atoms with Crippen LogP contribution in [-0.2, 0) is 4.79 Å². The fraction of sp³-hybridized carbons (Fsp3) is 0.208. The van der Waals surface area contributed by atoms with Crippen LogP contribution < -0.4 is 20.1 Å². The summed E-state index contributed by atoms with van der Waals surface area (Å²) < 4.78 is 11.0. The molecule has 1 amide bonds. The summed E-state index contributed by atoms with van der Waals surface area (Å²) in [6, 6.07) is 24.7. The zero-order valence-corrected chi connectivity index (χ0v) is 16.8. The van der Waals surface area contributed by atoms with Crippen molar-refractivity contribution in [3.05, 3.63) is 90.0 Å². The van der Waals surface area contributed by atoms with E-state index in [1.165, 1.54) is 5.56 Å². The predicted molar refractivity (Wildman–Crippen MR) is 114 cm³/mol. The molecule has 3 aromatic rings. The Morgan fingerprint density at radius 3 is 2.45 bits per heavy atom. The number of anilines is 1. The summed E-state index contributed by atoms with van der Waals surface area (Å²) in [4.78, 5) is 13.0. The van der Waals surface area contributed by atoms with Gasteiger partial charge in [-0.15, -0.1) is 0 Å². The third-order valence-electron chi connectivity index (χ3n) is 4.59. The lowest BCUT2D eigenvalue weighted by Crippen LogP contribution is -2.88. The van der Waals surface area contributed by atoms with E-state index >= 15 is 0 Å². The van der Waals surface area contributed by atoms with Crippen molar-refractivity contribution in [2.24, 2.45) is 0 Å². The van der Waals surface area contributed by atoms with Gasteiger partial charge in [0, 0.05) is 17.3 Å². The van der Waals surface area contributed by atoms with Gasteiger partial charge < -0.3 is 20.1 Å². The first-order valence-corrected chi connectivity index (χ1v) is 9.68. The van der Waals surface area contributed by atoms with E-state index in [4.69, 9.17) is 9.47 Å². The van der Waals surface area contributed by atoms with Crippen LogP contribution in [0.25, 0.3) is 0 Å². The van der Waals surface area contributed by atoms with Gasteiger partial charge in [0.15, 0.2) is 6.04 Å². The molecule has 150 valence electrons. The van der Waals surface area contributed by atoms with Crippen molar-refractivity contribution in [2.45, 2.75) is 13.0 Å². The van der Waals surface area contributed by atoms with Crippen molar-refractivity contribution < 1.29 is 19.6 Å². The average molecular weight is 391 g/mol. The van der Waals surface area contributed by atoms with Gasteiger partial charge in [0.2, 0.25) is 0 Å². The maximum Gasteiger partial charge on any atom is 0.287 e. The Hall–Kier alpha value is -3.31. The van der Waals surface area contributed by atoms with Gasteiger partial charge in [-0.1, -0.05) is 54.1 Å². The number of carbonyl (C=O) groups excluding carboxylic acids is 1. The van der Waals surface area contributed by atoms with E-state index in [9.17, 15) is 4.79 Å². The van der Waals surface area contributed by atoms with Crippen molar-refractivity contribution in [3.63, 3.8) is 0 Å². The van der Waals surface area contributed by atoms with Crippen molar-refractivity contribution in [3.8, 4) is 11.5 Å². The molecule has 5 heteroatoms. The van der Waals surface area contributed by atoms with Gasteiger partial charge in [-0.05, 0) is 31.2 Å². The number of methoxy groups -OCH3 is 1. The van der Waals surface area contributed by atoms with E-state index in [1.54, 1.807) is 13.2 Å². The van der Waals surface area contributed by atoms with Gasteiger partial charge in [0.25, 0.3) is 5.91 Å². The molecule has 0 spiro atoms. The second-order valence-electron chi connectivity index (χ2n) is 6.80. The first-order valence-electron chi connectivity index (χ1n) is 9.68. The maximum atomic E-state index is 13.0. The molecular weight excluding hydrogens is 364 g/mol. The Kier molecular flexibility index (Phi) is 7.25. The number of hydrogen-bond donors (Lipinski definition) is 2. The highest BCUT2D eigenvalue weighted by molar-refractivity contribution is 5.94. The smallest absolute Gasteiger partial charge is 0.287 e. The van der Waals surface area contributed by atoms with Crippen LogP contribution in [0.1, 0.15) is 17.2 Å². The lowest BCUT2D eigenvalue weighted by atomic mass is 10.1. The van der Waals surface area contributed by atoms with Crippen LogP contribution in [0.2, 0.25) is 0 Å². The summed E-state index contributed by atoms with van der Waals surface area (Å²) >= 11 is 0. The molecule has 0 saturated heterocycles. The minimum atomic E-state index is -0.371. The molecule has 29 heavy (non-hydrogen) atoms. The summed E-state index contributed by atoms with van der Waals surface area (Å²) in [5.74, 6) is 1.45. The van der Waals surface area contributed by atoms with Crippen LogP contribution in [0.15, 0.2) is 78.9 Å². The van der Waals surface area contributed by atoms with E-state index in [0.29, 0.717) is 24.6 Å². The summed E-state index contributed by atoms with van der Waals surface area (Å²) in [5, 5.41) is 4.99. The van der Waals surface area contributed by atoms with Crippen molar-refractivity contribution >= 4 is 11.6 Å². The summed E-state index contributed by atoms with van der Waals surface area (Å²) in [6.07, 6.45) is 0. The Morgan fingerprint density at radius 2 is 1.72 bits per heavy atom. The predicted octanol–water partition coefficient (Wildman–Crippen LogP) is 3.33. The van der Waals surface area contributed by atoms with Crippen LogP contribution >= 0.6 is 0 Å². The van der Waals surface area contributed by atoms with Crippen molar-refractivity contribution in [1.82, 2.24) is 0 Å². The SMILES string of the molecule is COc1cccc(NC(=O)[C@@H]([NH2+]CCOc2ccc(C)cc2)c2ccccc2)c1. The fourth-order valence-electron chi connectivity index (χ4n) is 3.02. The molecule has 0 heterocycles. The van der Waals surface area contributed by atoms with Crippen LogP contribution in [0, 0.1) is 6.92 Å². The molecular formula is C24H27N2O3+. The highest BCUT2D eigenvalue weighted by Gasteiger charge is 2.24. The molecule has 0 fully saturated rings. The molecule has 0 aliphatic rings. The quantitative estimate of drug-likeness (QED) is 0.550. The number of hydrogen-bond acceptors (Lipinski definition) is 3. The molecule has 5 nitrogen and oxygen atoms in total. The highest BCUT2D eigenvalue weighted by atomic mass is 16.5. The molecule has 0 radical (unpaired) electrons. The van der Waals surface area contributed by atoms with Crippen LogP contribution in [-0.4, -0.2) is 26.2 Å². The molecule has 0 aliphatic heterocycles. The number of carbonyl (C=O) groups is 1. The number of rotatable bonds is 9. The molecule has 0 aliphatic carbocycles. The molecule has 0 unspecified atom stereocenters. The van der Waals surface area contributed by atoms with E-state index in [0.717, 1.165) is 11.3 Å². The molecule has 3 rings (SSSR count). The molecule has 3 N–H and O–H groups in total. The summed E-state index contributed by atoms with van der Waals surface area (Å²) in [5.41, 5.74) is 2.85. The minimum absolute atomic E-state index is 0.0835. The number of aryl methyl sites for hydroxylation is 1. The fourth-order valence-corrected chi connectivity index (χ4v) is 3.02. The Labute approximate surface area is 171 Å². The number of ether oxygens (including phenoxy) is 2. The van der Waals surface area contributed by atoms with Crippen molar-refractivity contribution in [2.75, 3.05) is 25.6 Å². The first-order chi connectivity index (χ1) is 14.2. The Balaban J connectivity index is 1.62. The summed E-state index contributed by atoms with van der Waals surface area (Å²) in [7, 11) is 1.61. The standard InChI is InChI=1S/C24H26N2O3/c1-18-11-13-21(14-12-18)29-16-15-25-23(19-7-4-3-5-8-19)24(27)26-20-9-6-10-22(17-20)28-2/h3-14,17,23,25H,15-16H2,1-2H3,(H,26,27)/p+1/t23-/m0/s1. The summed E-state index contributed by atoms with van der Waals surface area (Å²) in [6.45, 7) is 3.21. The molecule has 1 atom stereocenters. The van der Waals surface area contributed by atoms with Gasteiger partial charge in [-0.2, -0.15) is 0 Å². The molecule has 0 saturated carbocycles. The number of benzene rings is 3. The van der Waals surface area contributed by atoms with E-state index < -0.39 is 0 Å². The normalized spacial score (nSPS) is 11.5. The van der Waals surface area contributed by atoms with Crippen LogP contribution in [0.3, 0.4) is 0 Å². The van der Waals surface area contributed by atoms with Gasteiger partial charge in [-0.25, -0.2) is 0 Å². The Bertz CT molecular complexity index is 911.